The first-order chi connectivity index (χ1) is 38.4. The summed E-state index contributed by atoms with van der Waals surface area (Å²) in [5.74, 6) is 2.95. The van der Waals surface area contributed by atoms with Gasteiger partial charge in [0, 0.05) is 25.7 Å². The first kappa shape index (κ1) is 70.9. The van der Waals surface area contributed by atoms with Gasteiger partial charge in [-0.1, -0.05) is 218 Å². The molecule has 450 valence electrons. The van der Waals surface area contributed by atoms with Crippen molar-refractivity contribution in [3.05, 3.63) is 48.6 Å². The number of nitrogens with one attached hydrogen (secondary N) is 1. The van der Waals surface area contributed by atoms with Crippen LogP contribution in [0.25, 0.3) is 0 Å². The summed E-state index contributed by atoms with van der Waals surface area (Å²) in [6, 6.07) is 0.131. The number of carbonyl (C=O) groups is 2. The Bertz CT molecular complexity index is 1630. The van der Waals surface area contributed by atoms with E-state index in [9.17, 15) is 9.59 Å². The summed E-state index contributed by atoms with van der Waals surface area (Å²) >= 11 is 0. The predicted octanol–water partition coefficient (Wildman–Crippen LogP) is 18.6. The second kappa shape index (κ2) is 52.0. The highest BCUT2D eigenvalue weighted by atomic mass is 16.5. The Morgan fingerprint density at radius 1 is 0.487 bits per heavy atom. The quantitative estimate of drug-likeness (QED) is 0.0284. The number of likely N-dealkylation sites (N-methyl/N-ethyl adjacent to an activating group) is 2. The molecule has 0 aromatic carbocycles. The maximum absolute atomic E-state index is 14.1. The first-order valence-electron chi connectivity index (χ1n) is 34.1. The monoisotopic (exact) mass is 1090 g/mol. The van der Waals surface area contributed by atoms with Gasteiger partial charge in [0.05, 0.1) is 14.1 Å². The van der Waals surface area contributed by atoms with Crippen LogP contribution in [0.15, 0.2) is 48.6 Å². The standard InChI is InChI=1S/C70H128N5O3/c1-7-11-15-19-23-27-31-33-37-41-45-49-53-57-69-73(6)66(64-75(69)61-62-78-70(77)58-54-50-46-42-38-34-32-28-24-20-16-12-8-2)65(71-67(76)55-51-47-43-39-35-29-25-21-17-13-9-3)63-74-60-59-72(5)68(74)56-52-48-44-40-36-30-26-22-18-14-10-4/h21-22,25-28,31-32,65-66H,7-20,23-24,29-30,33-64H2,1-6H3/q+1/p+1/b25-21+,26-22+,31-27+,32-28+. The number of hydrogen-bond acceptors (Lipinski definition) is 5. The largest absolute Gasteiger partial charge is 0.462 e. The number of rotatable bonds is 55. The van der Waals surface area contributed by atoms with Crippen LogP contribution in [-0.2, 0) is 14.3 Å². The number of nitrogens with zero attached hydrogens (tertiary/aromatic N) is 4. The maximum Gasteiger partial charge on any atom is 0.305 e. The molecule has 2 atom stereocenters. The number of amides is 1. The second-order valence-electron chi connectivity index (χ2n) is 23.8. The van der Waals surface area contributed by atoms with Crippen LogP contribution >= 0.6 is 0 Å². The molecule has 8 nitrogen and oxygen atoms in total. The normalized spacial score (nSPS) is 15.6. The molecule has 0 saturated heterocycles. The fraction of sp³-hybridized carbons (Fsp3) is 0.829. The smallest absolute Gasteiger partial charge is 0.305 e. The molecule has 0 fully saturated rings. The zero-order valence-electron chi connectivity index (χ0n) is 52.6. The van der Waals surface area contributed by atoms with Crippen molar-refractivity contribution in [3.8, 4) is 0 Å². The third kappa shape index (κ3) is 37.7. The summed E-state index contributed by atoms with van der Waals surface area (Å²) in [4.78, 5) is 32.3. The van der Waals surface area contributed by atoms with Crippen LogP contribution in [-0.4, -0.2) is 108 Å². The van der Waals surface area contributed by atoms with Crippen LogP contribution in [0.4, 0.5) is 0 Å². The summed E-state index contributed by atoms with van der Waals surface area (Å²) < 4.78 is 11.0. The van der Waals surface area contributed by atoms with E-state index >= 15 is 0 Å². The number of hydrogen-bond donors (Lipinski definition) is 1. The fourth-order valence-corrected chi connectivity index (χ4v) is 11.5. The Hall–Kier alpha value is -3.16. The van der Waals surface area contributed by atoms with Crippen molar-refractivity contribution in [1.29, 1.82) is 0 Å². The van der Waals surface area contributed by atoms with Crippen LogP contribution in [0.5, 0.6) is 0 Å². The van der Waals surface area contributed by atoms with Gasteiger partial charge in [-0.2, -0.15) is 0 Å². The number of ether oxygens (including phenoxy) is 1. The Kier molecular flexibility index (Phi) is 47.3. The zero-order chi connectivity index (χ0) is 56.2. The van der Waals surface area contributed by atoms with Crippen molar-refractivity contribution in [2.75, 3.05) is 53.4 Å². The number of unbranched alkanes of at least 4 members (excludes halogenated alkanes) is 32. The molecule has 2 heterocycles. The molecule has 8 heteroatoms. The molecule has 2 unspecified atom stereocenters. The molecule has 78 heavy (non-hydrogen) atoms. The highest BCUT2D eigenvalue weighted by Gasteiger charge is 2.44. The van der Waals surface area contributed by atoms with E-state index in [2.05, 4.69) is 115 Å². The zero-order valence-corrected chi connectivity index (χ0v) is 52.6. The average Bonchev–Trinajstić information content (AvgIpc) is 3.97. The second-order valence-corrected chi connectivity index (χ2v) is 23.8. The average molecular weight is 1090 g/mol. The SMILES string of the molecule is CCCC/C=C/CCCCCCCC(=O)NC(CN1CC[N+](C)=C1CCCCCCC/C=C/CCCC)C1CN(CCOC(=O)CCCCCCC/C=C/CCCCCC)C(CCCCCCC/C=C/CCCCCC)=[N+]1C. The molecule has 0 aromatic heterocycles. The van der Waals surface area contributed by atoms with E-state index < -0.39 is 0 Å². The number of esters is 1. The van der Waals surface area contributed by atoms with Crippen molar-refractivity contribution in [3.63, 3.8) is 0 Å². The van der Waals surface area contributed by atoms with Gasteiger partial charge < -0.3 is 10.1 Å². The van der Waals surface area contributed by atoms with Crippen molar-refractivity contribution in [2.45, 2.75) is 322 Å². The lowest BCUT2D eigenvalue weighted by Crippen LogP contribution is -2.54. The fourth-order valence-electron chi connectivity index (χ4n) is 11.5. The first-order valence-corrected chi connectivity index (χ1v) is 34.1. The molecular formula is C70H129N5O3+2. The topological polar surface area (TPSA) is 67.9 Å². The highest BCUT2D eigenvalue weighted by molar-refractivity contribution is 5.80. The summed E-state index contributed by atoms with van der Waals surface area (Å²) in [5.41, 5.74) is 0. The van der Waals surface area contributed by atoms with Crippen molar-refractivity contribution >= 4 is 23.5 Å². The minimum absolute atomic E-state index is 0.0114. The van der Waals surface area contributed by atoms with E-state index in [1.54, 1.807) is 0 Å². The van der Waals surface area contributed by atoms with Crippen molar-refractivity contribution < 1.29 is 23.5 Å². The van der Waals surface area contributed by atoms with Crippen molar-refractivity contribution in [2.24, 2.45) is 0 Å². The molecule has 2 aliphatic heterocycles. The summed E-state index contributed by atoms with van der Waals surface area (Å²) in [6.07, 6.45) is 71.8. The van der Waals surface area contributed by atoms with Gasteiger partial charge in [0.25, 0.3) is 0 Å². The Labute approximate surface area is 484 Å². The van der Waals surface area contributed by atoms with E-state index in [1.165, 1.54) is 236 Å². The van der Waals surface area contributed by atoms with Gasteiger partial charge in [0.1, 0.15) is 45.4 Å². The highest BCUT2D eigenvalue weighted by Crippen LogP contribution is 2.21. The van der Waals surface area contributed by atoms with Gasteiger partial charge in [-0.25, -0.2) is 0 Å². The van der Waals surface area contributed by atoms with Gasteiger partial charge in [-0.3, -0.25) is 28.5 Å². The van der Waals surface area contributed by atoms with Crippen LogP contribution < -0.4 is 5.32 Å². The molecule has 0 aliphatic carbocycles. The number of amidine groups is 2. The van der Waals surface area contributed by atoms with Crippen molar-refractivity contribution in [1.82, 2.24) is 15.1 Å². The van der Waals surface area contributed by atoms with Crippen LogP contribution in [0.2, 0.25) is 0 Å². The summed E-state index contributed by atoms with van der Waals surface area (Å²) in [7, 11) is 4.56. The Morgan fingerprint density at radius 2 is 0.872 bits per heavy atom. The van der Waals surface area contributed by atoms with Gasteiger partial charge in [-0.05, 0) is 116 Å². The molecule has 1 amide bonds. The van der Waals surface area contributed by atoms with Gasteiger partial charge in [0.2, 0.25) is 17.6 Å². The molecule has 2 aliphatic rings. The molecule has 0 spiro atoms. The van der Waals surface area contributed by atoms with Gasteiger partial charge in [-0.15, -0.1) is 0 Å². The molecule has 0 bridgehead atoms. The maximum atomic E-state index is 14.1. The van der Waals surface area contributed by atoms with E-state index in [0.29, 0.717) is 26.0 Å². The molecule has 0 radical (unpaired) electrons. The predicted molar refractivity (Wildman–Crippen MR) is 339 cm³/mol. The minimum Gasteiger partial charge on any atom is -0.462 e. The lowest BCUT2D eigenvalue weighted by molar-refractivity contribution is -0.531. The third-order valence-corrected chi connectivity index (χ3v) is 16.7. The molecule has 1 N–H and O–H groups in total. The van der Waals surface area contributed by atoms with E-state index in [0.717, 1.165) is 71.1 Å². The molecule has 0 aromatic rings. The lowest BCUT2D eigenvalue weighted by Gasteiger charge is -2.26. The molecule has 2 rings (SSSR count). The third-order valence-electron chi connectivity index (χ3n) is 16.7. The van der Waals surface area contributed by atoms with Crippen LogP contribution in [0, 0.1) is 0 Å². The van der Waals surface area contributed by atoms with E-state index in [1.807, 2.05) is 0 Å². The van der Waals surface area contributed by atoms with Gasteiger partial charge in [0.15, 0.2) is 6.04 Å². The van der Waals surface area contributed by atoms with E-state index in [4.69, 9.17) is 4.74 Å². The Balaban J connectivity index is 2.10. The Morgan fingerprint density at radius 3 is 1.33 bits per heavy atom. The minimum atomic E-state index is -0.0569. The number of allylic oxidation sites excluding steroid dienone is 8. The summed E-state index contributed by atoms with van der Waals surface area (Å²) in [6.45, 7) is 13.9. The van der Waals surface area contributed by atoms with Crippen LogP contribution in [0.1, 0.15) is 310 Å². The van der Waals surface area contributed by atoms with Crippen LogP contribution in [0.3, 0.4) is 0 Å². The number of carbonyl (C=O) groups excluding carboxylic acids is 2. The lowest BCUT2D eigenvalue weighted by atomic mass is 10.0. The van der Waals surface area contributed by atoms with E-state index in [-0.39, 0.29) is 24.0 Å². The molecular weight excluding hydrogens is 959 g/mol. The summed E-state index contributed by atoms with van der Waals surface area (Å²) in [5, 5.41) is 3.69. The van der Waals surface area contributed by atoms with Gasteiger partial charge >= 0.3 is 5.97 Å². The molecule has 0 saturated carbocycles.